The van der Waals surface area contributed by atoms with Crippen LogP contribution in [0, 0.1) is 11.3 Å². The number of allylic oxidation sites excluding steroid dienone is 2. The summed E-state index contributed by atoms with van der Waals surface area (Å²) in [5.41, 5.74) is 1.77. The highest BCUT2D eigenvalue weighted by Gasteiger charge is 2.15. The number of hydrogen-bond acceptors (Lipinski definition) is 3. The van der Waals surface area contributed by atoms with Crippen molar-refractivity contribution in [2.24, 2.45) is 0 Å². The fourth-order valence-corrected chi connectivity index (χ4v) is 1.42. The van der Waals surface area contributed by atoms with Crippen molar-refractivity contribution in [1.29, 1.82) is 5.26 Å². The van der Waals surface area contributed by atoms with Crippen LogP contribution in [0.25, 0.3) is 0 Å². The lowest BCUT2D eigenvalue weighted by atomic mass is 9.99. The summed E-state index contributed by atoms with van der Waals surface area (Å²) < 4.78 is 0. The average Bonchev–Trinajstić information content (AvgIpc) is 2.30. The molecule has 1 aromatic heterocycles. The Balaban J connectivity index is 2.33. The van der Waals surface area contributed by atoms with Crippen LogP contribution in [0.1, 0.15) is 11.6 Å². The molecule has 3 nitrogen and oxygen atoms in total. The third-order valence-electron chi connectivity index (χ3n) is 2.11. The number of pyridine rings is 1. The van der Waals surface area contributed by atoms with Crippen LogP contribution in [-0.4, -0.2) is 4.98 Å². The van der Waals surface area contributed by atoms with E-state index >= 15 is 0 Å². The Labute approximate surface area is 82.4 Å². The van der Waals surface area contributed by atoms with E-state index in [0.29, 0.717) is 0 Å². The normalized spacial score (nSPS) is 19.4. The highest BCUT2D eigenvalue weighted by atomic mass is 14.9. The van der Waals surface area contributed by atoms with E-state index in [0.717, 1.165) is 11.1 Å². The minimum Gasteiger partial charge on any atom is -0.379 e. The van der Waals surface area contributed by atoms with Gasteiger partial charge in [-0.3, -0.25) is 4.98 Å². The lowest BCUT2D eigenvalue weighted by molar-refractivity contribution is 0.720. The van der Waals surface area contributed by atoms with Crippen molar-refractivity contribution >= 4 is 0 Å². The molecular formula is C11H9N3. The predicted octanol–water partition coefficient (Wildman–Crippen LogP) is 1.69. The third kappa shape index (κ3) is 1.50. The first-order valence-corrected chi connectivity index (χ1v) is 4.34. The van der Waals surface area contributed by atoms with Gasteiger partial charge in [0.05, 0.1) is 17.7 Å². The van der Waals surface area contributed by atoms with Crippen molar-refractivity contribution in [1.82, 2.24) is 10.3 Å². The summed E-state index contributed by atoms with van der Waals surface area (Å²) in [4.78, 5) is 3.94. The van der Waals surface area contributed by atoms with Gasteiger partial charge >= 0.3 is 0 Å². The lowest BCUT2D eigenvalue weighted by Gasteiger charge is -2.18. The van der Waals surface area contributed by atoms with Gasteiger partial charge in [0.25, 0.3) is 0 Å². The van der Waals surface area contributed by atoms with Crippen LogP contribution in [0.3, 0.4) is 0 Å². The standard InChI is InChI=1S/C11H9N3/c12-8-10-2-1-5-14-11(10)9-3-6-13-7-4-9/h1-7,11,14H. The van der Waals surface area contributed by atoms with E-state index in [2.05, 4.69) is 16.4 Å². The SMILES string of the molecule is N#CC1=CC=CNC1c1ccncc1. The number of hydrogen-bond donors (Lipinski definition) is 1. The van der Waals surface area contributed by atoms with Crippen molar-refractivity contribution in [2.45, 2.75) is 6.04 Å². The molecule has 0 aromatic carbocycles. The molecule has 3 heteroatoms. The van der Waals surface area contributed by atoms with E-state index in [4.69, 9.17) is 5.26 Å². The molecule has 1 aliphatic heterocycles. The van der Waals surface area contributed by atoms with Crippen LogP contribution >= 0.6 is 0 Å². The van der Waals surface area contributed by atoms with E-state index < -0.39 is 0 Å². The molecule has 0 saturated carbocycles. The Bertz CT molecular complexity index is 412. The summed E-state index contributed by atoms with van der Waals surface area (Å²) in [6.07, 6.45) is 8.94. The van der Waals surface area contributed by atoms with E-state index in [-0.39, 0.29) is 6.04 Å². The maximum atomic E-state index is 8.91. The Hall–Kier alpha value is -2.08. The molecular weight excluding hydrogens is 174 g/mol. The number of nitriles is 1. The van der Waals surface area contributed by atoms with Crippen LogP contribution in [0.5, 0.6) is 0 Å². The van der Waals surface area contributed by atoms with Crippen molar-refractivity contribution in [3.63, 3.8) is 0 Å². The van der Waals surface area contributed by atoms with Gasteiger partial charge in [0.2, 0.25) is 0 Å². The molecule has 2 rings (SSSR count). The maximum absolute atomic E-state index is 8.91. The van der Waals surface area contributed by atoms with Gasteiger partial charge in [-0.15, -0.1) is 0 Å². The minimum atomic E-state index is -0.0343. The van der Waals surface area contributed by atoms with Gasteiger partial charge in [0, 0.05) is 12.4 Å². The quantitative estimate of drug-likeness (QED) is 0.720. The van der Waals surface area contributed by atoms with Crippen LogP contribution in [0.2, 0.25) is 0 Å². The van der Waals surface area contributed by atoms with Gasteiger partial charge in [-0.25, -0.2) is 0 Å². The molecule has 14 heavy (non-hydrogen) atoms. The van der Waals surface area contributed by atoms with Crippen LogP contribution < -0.4 is 5.32 Å². The van der Waals surface area contributed by atoms with Crippen molar-refractivity contribution in [2.75, 3.05) is 0 Å². The average molecular weight is 183 g/mol. The molecule has 1 unspecified atom stereocenters. The summed E-state index contributed by atoms with van der Waals surface area (Å²) in [7, 11) is 0. The zero-order chi connectivity index (χ0) is 9.80. The van der Waals surface area contributed by atoms with Crippen LogP contribution in [-0.2, 0) is 0 Å². The van der Waals surface area contributed by atoms with Gasteiger partial charge in [-0.1, -0.05) is 0 Å². The summed E-state index contributed by atoms with van der Waals surface area (Å²) in [5.74, 6) is 0. The highest BCUT2D eigenvalue weighted by molar-refractivity contribution is 5.39. The molecule has 1 aliphatic rings. The van der Waals surface area contributed by atoms with Gasteiger partial charge in [0.15, 0.2) is 0 Å². The molecule has 1 atom stereocenters. The number of rotatable bonds is 1. The van der Waals surface area contributed by atoms with Crippen molar-refractivity contribution in [3.8, 4) is 6.07 Å². The molecule has 0 fully saturated rings. The Morgan fingerprint density at radius 2 is 2.14 bits per heavy atom. The number of dihydropyridines is 1. The molecule has 0 radical (unpaired) electrons. The first kappa shape index (κ1) is 8.52. The molecule has 0 spiro atoms. The van der Waals surface area contributed by atoms with Crippen LogP contribution in [0.4, 0.5) is 0 Å². The monoisotopic (exact) mass is 183 g/mol. The zero-order valence-corrected chi connectivity index (χ0v) is 7.51. The fourth-order valence-electron chi connectivity index (χ4n) is 1.42. The first-order valence-electron chi connectivity index (χ1n) is 4.34. The zero-order valence-electron chi connectivity index (χ0n) is 7.51. The second-order valence-electron chi connectivity index (χ2n) is 2.97. The Morgan fingerprint density at radius 3 is 2.86 bits per heavy atom. The third-order valence-corrected chi connectivity index (χ3v) is 2.11. The maximum Gasteiger partial charge on any atom is 0.0972 e. The van der Waals surface area contributed by atoms with E-state index in [1.165, 1.54) is 0 Å². The number of nitrogens with one attached hydrogen (secondary N) is 1. The molecule has 1 aromatic rings. The molecule has 0 aliphatic carbocycles. The largest absolute Gasteiger partial charge is 0.379 e. The summed E-state index contributed by atoms with van der Waals surface area (Å²) in [5, 5.41) is 12.1. The minimum absolute atomic E-state index is 0.0343. The summed E-state index contributed by atoms with van der Waals surface area (Å²) in [6, 6.07) is 5.95. The molecule has 0 bridgehead atoms. The van der Waals surface area contributed by atoms with E-state index in [1.807, 2.05) is 30.5 Å². The molecule has 0 amide bonds. The molecule has 68 valence electrons. The molecule has 0 saturated heterocycles. The summed E-state index contributed by atoms with van der Waals surface area (Å²) in [6.45, 7) is 0. The highest BCUT2D eigenvalue weighted by Crippen LogP contribution is 2.22. The van der Waals surface area contributed by atoms with Crippen molar-refractivity contribution < 1.29 is 0 Å². The molecule has 2 heterocycles. The first-order chi connectivity index (χ1) is 6.92. The van der Waals surface area contributed by atoms with Crippen molar-refractivity contribution in [3.05, 3.63) is 54.0 Å². The van der Waals surface area contributed by atoms with Crippen LogP contribution in [0.15, 0.2) is 48.5 Å². The topological polar surface area (TPSA) is 48.7 Å². The van der Waals surface area contributed by atoms with Gasteiger partial charge in [-0.05, 0) is 36.0 Å². The van der Waals surface area contributed by atoms with E-state index in [9.17, 15) is 0 Å². The van der Waals surface area contributed by atoms with Gasteiger partial charge < -0.3 is 5.32 Å². The van der Waals surface area contributed by atoms with E-state index in [1.54, 1.807) is 12.4 Å². The Morgan fingerprint density at radius 1 is 1.36 bits per heavy atom. The lowest BCUT2D eigenvalue weighted by Crippen LogP contribution is -2.19. The Kier molecular flexibility index (Phi) is 2.28. The predicted molar refractivity (Wildman–Crippen MR) is 52.9 cm³/mol. The number of aromatic nitrogens is 1. The van der Waals surface area contributed by atoms with Gasteiger partial charge in [-0.2, -0.15) is 5.26 Å². The van der Waals surface area contributed by atoms with Gasteiger partial charge in [0.1, 0.15) is 0 Å². The molecule has 1 N–H and O–H groups in total. The summed E-state index contributed by atoms with van der Waals surface area (Å²) >= 11 is 0. The second-order valence-corrected chi connectivity index (χ2v) is 2.97. The number of nitrogens with zero attached hydrogens (tertiary/aromatic N) is 2. The second kappa shape index (κ2) is 3.75. The fraction of sp³-hybridized carbons (Fsp3) is 0.0909. The smallest absolute Gasteiger partial charge is 0.0972 e.